The Morgan fingerprint density at radius 1 is 1.38 bits per heavy atom. The van der Waals surface area contributed by atoms with Crippen LogP contribution in [0.25, 0.3) is 0 Å². The molecule has 1 N–H and O–H groups in total. The van der Waals surface area contributed by atoms with E-state index in [2.05, 4.69) is 0 Å². The van der Waals surface area contributed by atoms with Crippen LogP contribution in [-0.4, -0.2) is 36.5 Å². The molecule has 0 heterocycles. The van der Waals surface area contributed by atoms with Gasteiger partial charge in [-0.15, -0.1) is 0 Å². The van der Waals surface area contributed by atoms with Gasteiger partial charge in [0.1, 0.15) is 6.61 Å². The second kappa shape index (κ2) is 5.94. The van der Waals surface area contributed by atoms with Crippen LogP contribution < -0.4 is 0 Å². The Morgan fingerprint density at radius 2 is 2.00 bits per heavy atom. The Hall–Kier alpha value is -0.610. The zero-order valence-corrected chi connectivity index (χ0v) is 8.50. The first kappa shape index (κ1) is 12.4. The van der Waals surface area contributed by atoms with Gasteiger partial charge in [-0.2, -0.15) is 0 Å². The molecule has 0 fully saturated rings. The van der Waals surface area contributed by atoms with Crippen molar-refractivity contribution in [3.05, 3.63) is 0 Å². The molecule has 78 valence electrons. The zero-order chi connectivity index (χ0) is 10.3. The average Bonchev–Trinajstić information content (AvgIpc) is 1.94. The minimum atomic E-state index is -0.997. The summed E-state index contributed by atoms with van der Waals surface area (Å²) in [5.41, 5.74) is -0.997. The van der Waals surface area contributed by atoms with E-state index in [1.807, 2.05) is 6.92 Å². The van der Waals surface area contributed by atoms with Gasteiger partial charge < -0.3 is 14.6 Å². The molecule has 0 aliphatic carbocycles. The Labute approximate surface area is 78.8 Å². The van der Waals surface area contributed by atoms with E-state index in [1.54, 1.807) is 13.8 Å². The number of carbonyl (C=O) groups is 1. The Bertz CT molecular complexity index is 148. The average molecular weight is 190 g/mol. The maximum Gasteiger partial charge on any atom is 0.308 e. The Kier molecular flexibility index (Phi) is 5.66. The SMILES string of the molecule is CCOCCOC(=O)CC(C)(C)O. The Balaban J connectivity index is 3.41. The highest BCUT2D eigenvalue weighted by Gasteiger charge is 2.18. The van der Waals surface area contributed by atoms with Crippen molar-refractivity contribution >= 4 is 5.97 Å². The molecule has 0 aromatic carbocycles. The van der Waals surface area contributed by atoms with Crippen LogP contribution in [0.2, 0.25) is 0 Å². The fraction of sp³-hybridized carbons (Fsp3) is 0.889. The third kappa shape index (κ3) is 9.30. The fourth-order valence-electron chi connectivity index (χ4n) is 0.763. The summed E-state index contributed by atoms with van der Waals surface area (Å²) in [5, 5.41) is 9.26. The monoisotopic (exact) mass is 190 g/mol. The van der Waals surface area contributed by atoms with Crippen LogP contribution in [-0.2, 0) is 14.3 Å². The summed E-state index contributed by atoms with van der Waals surface area (Å²) in [4.78, 5) is 11.0. The van der Waals surface area contributed by atoms with Crippen LogP contribution in [0.4, 0.5) is 0 Å². The first-order chi connectivity index (χ1) is 5.95. The molecule has 0 spiro atoms. The maximum absolute atomic E-state index is 11.0. The molecule has 0 aliphatic heterocycles. The van der Waals surface area contributed by atoms with E-state index < -0.39 is 11.6 Å². The highest BCUT2D eigenvalue weighted by atomic mass is 16.6. The predicted octanol–water partition coefficient (Wildman–Crippen LogP) is 0.727. The standard InChI is InChI=1S/C9H18O4/c1-4-12-5-6-13-8(10)7-9(2,3)11/h11H,4-7H2,1-3H3. The topological polar surface area (TPSA) is 55.8 Å². The number of hydrogen-bond acceptors (Lipinski definition) is 4. The lowest BCUT2D eigenvalue weighted by molar-refractivity contribution is -0.149. The highest BCUT2D eigenvalue weighted by molar-refractivity contribution is 5.70. The second-order valence-electron chi connectivity index (χ2n) is 3.41. The molecule has 0 unspecified atom stereocenters. The van der Waals surface area contributed by atoms with E-state index in [4.69, 9.17) is 9.47 Å². The van der Waals surface area contributed by atoms with Gasteiger partial charge in [-0.3, -0.25) is 4.79 Å². The van der Waals surface area contributed by atoms with Gasteiger partial charge in [-0.05, 0) is 20.8 Å². The van der Waals surface area contributed by atoms with Gasteiger partial charge in [-0.25, -0.2) is 0 Å². The smallest absolute Gasteiger partial charge is 0.308 e. The molecular weight excluding hydrogens is 172 g/mol. The first-order valence-electron chi connectivity index (χ1n) is 4.41. The van der Waals surface area contributed by atoms with E-state index in [-0.39, 0.29) is 13.0 Å². The molecule has 0 radical (unpaired) electrons. The van der Waals surface area contributed by atoms with E-state index in [9.17, 15) is 9.90 Å². The molecule has 0 aliphatic rings. The van der Waals surface area contributed by atoms with E-state index in [1.165, 1.54) is 0 Å². The predicted molar refractivity (Wildman–Crippen MR) is 48.4 cm³/mol. The molecule has 0 amide bonds. The zero-order valence-electron chi connectivity index (χ0n) is 8.50. The van der Waals surface area contributed by atoms with Crippen molar-refractivity contribution in [3.63, 3.8) is 0 Å². The molecule has 0 aromatic heterocycles. The van der Waals surface area contributed by atoms with Crippen molar-refractivity contribution in [2.24, 2.45) is 0 Å². The molecule has 4 nitrogen and oxygen atoms in total. The molecule has 0 bridgehead atoms. The molecule has 0 atom stereocenters. The molecule has 4 heteroatoms. The number of rotatable bonds is 6. The van der Waals surface area contributed by atoms with Crippen molar-refractivity contribution in [1.82, 2.24) is 0 Å². The number of esters is 1. The van der Waals surface area contributed by atoms with Crippen LogP contribution in [0.3, 0.4) is 0 Å². The van der Waals surface area contributed by atoms with Gasteiger partial charge in [0.25, 0.3) is 0 Å². The van der Waals surface area contributed by atoms with Crippen molar-refractivity contribution in [1.29, 1.82) is 0 Å². The molecular formula is C9H18O4. The van der Waals surface area contributed by atoms with Gasteiger partial charge in [0.05, 0.1) is 18.6 Å². The maximum atomic E-state index is 11.0. The van der Waals surface area contributed by atoms with E-state index >= 15 is 0 Å². The van der Waals surface area contributed by atoms with Crippen molar-refractivity contribution < 1.29 is 19.4 Å². The van der Waals surface area contributed by atoms with Crippen LogP contribution in [0, 0.1) is 0 Å². The van der Waals surface area contributed by atoms with Gasteiger partial charge in [0, 0.05) is 6.61 Å². The van der Waals surface area contributed by atoms with Crippen molar-refractivity contribution in [2.75, 3.05) is 19.8 Å². The summed E-state index contributed by atoms with van der Waals surface area (Å²) in [6.45, 7) is 6.28. The molecule has 0 saturated carbocycles. The molecule has 0 saturated heterocycles. The van der Waals surface area contributed by atoms with Gasteiger partial charge in [0.15, 0.2) is 0 Å². The minimum absolute atomic E-state index is 0.0130. The molecule has 0 rings (SSSR count). The lowest BCUT2D eigenvalue weighted by atomic mass is 10.1. The number of ether oxygens (including phenoxy) is 2. The second-order valence-corrected chi connectivity index (χ2v) is 3.41. The van der Waals surface area contributed by atoms with Gasteiger partial charge in [-0.1, -0.05) is 0 Å². The summed E-state index contributed by atoms with van der Waals surface area (Å²) in [6.07, 6.45) is 0.0130. The summed E-state index contributed by atoms with van der Waals surface area (Å²) in [7, 11) is 0. The minimum Gasteiger partial charge on any atom is -0.463 e. The van der Waals surface area contributed by atoms with Crippen LogP contribution in [0.5, 0.6) is 0 Å². The number of carbonyl (C=O) groups excluding carboxylic acids is 1. The third-order valence-corrected chi connectivity index (χ3v) is 1.27. The fourth-order valence-corrected chi connectivity index (χ4v) is 0.763. The molecule has 13 heavy (non-hydrogen) atoms. The summed E-state index contributed by atoms with van der Waals surface area (Å²) in [6, 6.07) is 0. The Morgan fingerprint density at radius 3 is 2.46 bits per heavy atom. The van der Waals surface area contributed by atoms with Crippen molar-refractivity contribution in [2.45, 2.75) is 32.8 Å². The summed E-state index contributed by atoms with van der Waals surface area (Å²) >= 11 is 0. The lowest BCUT2D eigenvalue weighted by Gasteiger charge is -2.15. The first-order valence-corrected chi connectivity index (χ1v) is 4.41. The number of aliphatic hydroxyl groups is 1. The van der Waals surface area contributed by atoms with Gasteiger partial charge >= 0.3 is 5.97 Å². The van der Waals surface area contributed by atoms with Crippen LogP contribution in [0.1, 0.15) is 27.2 Å². The lowest BCUT2D eigenvalue weighted by Crippen LogP contribution is -2.25. The number of hydrogen-bond donors (Lipinski definition) is 1. The normalized spacial score (nSPS) is 11.4. The van der Waals surface area contributed by atoms with E-state index in [0.717, 1.165) is 0 Å². The largest absolute Gasteiger partial charge is 0.463 e. The highest BCUT2D eigenvalue weighted by Crippen LogP contribution is 2.07. The molecule has 0 aromatic rings. The summed E-state index contributed by atoms with van der Waals surface area (Å²) < 4.78 is 9.77. The third-order valence-electron chi connectivity index (χ3n) is 1.27. The summed E-state index contributed by atoms with van der Waals surface area (Å²) in [5.74, 6) is -0.396. The van der Waals surface area contributed by atoms with E-state index in [0.29, 0.717) is 13.2 Å². The van der Waals surface area contributed by atoms with Crippen LogP contribution >= 0.6 is 0 Å². The van der Waals surface area contributed by atoms with Gasteiger partial charge in [0.2, 0.25) is 0 Å². The van der Waals surface area contributed by atoms with Crippen LogP contribution in [0.15, 0.2) is 0 Å². The van der Waals surface area contributed by atoms with Crippen molar-refractivity contribution in [3.8, 4) is 0 Å². The quantitative estimate of drug-likeness (QED) is 0.495.